The van der Waals surface area contributed by atoms with Gasteiger partial charge in [0.1, 0.15) is 0 Å². The summed E-state index contributed by atoms with van der Waals surface area (Å²) in [6.45, 7) is 1.38. The molecule has 0 aromatic carbocycles. The number of carbonyl (C=O) groups is 2. The standard InChI is InChI=1S/C14H25NO4/c1-19-10-6-2-5-9-15-13(16)11-7-3-4-8-12(11)14(17)18/h11-12H,2-10H2,1H3,(H,15,16)(H,17,18)/t11-,12+/m1/s1. The summed E-state index contributed by atoms with van der Waals surface area (Å²) in [5.74, 6) is -1.76. The van der Waals surface area contributed by atoms with Gasteiger partial charge in [-0.25, -0.2) is 0 Å². The molecule has 0 aromatic heterocycles. The summed E-state index contributed by atoms with van der Waals surface area (Å²) in [4.78, 5) is 23.1. The van der Waals surface area contributed by atoms with Crippen molar-refractivity contribution in [3.63, 3.8) is 0 Å². The molecule has 5 nitrogen and oxygen atoms in total. The van der Waals surface area contributed by atoms with E-state index in [9.17, 15) is 9.59 Å². The third kappa shape index (κ3) is 5.59. The number of nitrogens with one attached hydrogen (secondary N) is 1. The molecule has 0 aliphatic heterocycles. The number of hydrogen-bond donors (Lipinski definition) is 2. The smallest absolute Gasteiger partial charge is 0.307 e. The van der Waals surface area contributed by atoms with E-state index in [4.69, 9.17) is 9.84 Å². The molecule has 1 aliphatic carbocycles. The number of unbranched alkanes of at least 4 members (excludes halogenated alkanes) is 2. The molecule has 2 N–H and O–H groups in total. The number of carbonyl (C=O) groups excluding carboxylic acids is 1. The number of rotatable bonds is 8. The van der Waals surface area contributed by atoms with Gasteiger partial charge in [-0.2, -0.15) is 0 Å². The van der Waals surface area contributed by atoms with Gasteiger partial charge in [-0.15, -0.1) is 0 Å². The van der Waals surface area contributed by atoms with Gasteiger partial charge in [-0.3, -0.25) is 9.59 Å². The van der Waals surface area contributed by atoms with Gasteiger partial charge < -0.3 is 15.2 Å². The highest BCUT2D eigenvalue weighted by molar-refractivity contribution is 5.84. The Morgan fingerprint density at radius 2 is 1.84 bits per heavy atom. The van der Waals surface area contributed by atoms with Gasteiger partial charge >= 0.3 is 5.97 Å². The Labute approximate surface area is 114 Å². The molecule has 5 heteroatoms. The van der Waals surface area contributed by atoms with Crippen LogP contribution in [0, 0.1) is 11.8 Å². The molecule has 1 rings (SSSR count). The van der Waals surface area contributed by atoms with Crippen molar-refractivity contribution in [3.8, 4) is 0 Å². The topological polar surface area (TPSA) is 75.6 Å². The minimum atomic E-state index is -0.833. The first-order valence-electron chi connectivity index (χ1n) is 7.16. The Hall–Kier alpha value is -1.10. The van der Waals surface area contributed by atoms with Crippen LogP contribution in [0.15, 0.2) is 0 Å². The summed E-state index contributed by atoms with van der Waals surface area (Å²) in [5, 5.41) is 12.0. The summed E-state index contributed by atoms with van der Waals surface area (Å²) in [5.41, 5.74) is 0. The van der Waals surface area contributed by atoms with Crippen molar-refractivity contribution in [2.75, 3.05) is 20.3 Å². The van der Waals surface area contributed by atoms with Gasteiger partial charge in [0.25, 0.3) is 0 Å². The zero-order chi connectivity index (χ0) is 14.1. The highest BCUT2D eigenvalue weighted by Crippen LogP contribution is 2.30. The minimum Gasteiger partial charge on any atom is -0.481 e. The zero-order valence-electron chi connectivity index (χ0n) is 11.7. The van der Waals surface area contributed by atoms with Crippen molar-refractivity contribution in [1.82, 2.24) is 5.32 Å². The lowest BCUT2D eigenvalue weighted by molar-refractivity contribution is -0.148. The third-order valence-corrected chi connectivity index (χ3v) is 3.74. The minimum absolute atomic E-state index is 0.0844. The maximum atomic E-state index is 12.0. The molecule has 0 heterocycles. The molecular weight excluding hydrogens is 246 g/mol. The fourth-order valence-corrected chi connectivity index (χ4v) is 2.63. The van der Waals surface area contributed by atoms with Crippen LogP contribution in [0.2, 0.25) is 0 Å². The van der Waals surface area contributed by atoms with Crippen molar-refractivity contribution in [1.29, 1.82) is 0 Å². The average molecular weight is 271 g/mol. The van der Waals surface area contributed by atoms with E-state index in [0.717, 1.165) is 38.7 Å². The Morgan fingerprint density at radius 1 is 1.16 bits per heavy atom. The number of methoxy groups -OCH3 is 1. The molecule has 0 bridgehead atoms. The molecule has 1 aliphatic rings. The van der Waals surface area contributed by atoms with Crippen LogP contribution in [-0.4, -0.2) is 37.2 Å². The predicted octanol–water partition coefficient (Wildman–Crippen LogP) is 1.81. The Kier molecular flexibility index (Phi) is 7.48. The second kappa shape index (κ2) is 8.91. The molecule has 1 amide bonds. The fraction of sp³-hybridized carbons (Fsp3) is 0.857. The Balaban J connectivity index is 2.25. The SMILES string of the molecule is COCCCCCNC(=O)[C@@H]1CCCC[C@@H]1C(=O)O. The van der Waals surface area contributed by atoms with Crippen molar-refractivity contribution in [2.45, 2.75) is 44.9 Å². The first-order valence-corrected chi connectivity index (χ1v) is 7.16. The molecule has 0 aromatic rings. The average Bonchev–Trinajstić information content (AvgIpc) is 2.42. The van der Waals surface area contributed by atoms with E-state index in [-0.39, 0.29) is 11.8 Å². The molecule has 0 saturated heterocycles. The lowest BCUT2D eigenvalue weighted by Crippen LogP contribution is -2.40. The third-order valence-electron chi connectivity index (χ3n) is 3.74. The van der Waals surface area contributed by atoms with E-state index in [1.54, 1.807) is 7.11 Å². The van der Waals surface area contributed by atoms with Crippen LogP contribution < -0.4 is 5.32 Å². The maximum Gasteiger partial charge on any atom is 0.307 e. The Morgan fingerprint density at radius 3 is 2.47 bits per heavy atom. The molecule has 0 radical (unpaired) electrons. The largest absolute Gasteiger partial charge is 0.481 e. The first-order chi connectivity index (χ1) is 9.16. The quantitative estimate of drug-likeness (QED) is 0.660. The van der Waals surface area contributed by atoms with Crippen LogP contribution in [0.4, 0.5) is 0 Å². The number of amides is 1. The molecule has 110 valence electrons. The van der Waals surface area contributed by atoms with Crippen LogP contribution in [0.5, 0.6) is 0 Å². The molecule has 0 unspecified atom stereocenters. The maximum absolute atomic E-state index is 12.0. The van der Waals surface area contributed by atoms with Gasteiger partial charge in [0.05, 0.1) is 11.8 Å². The van der Waals surface area contributed by atoms with Crippen molar-refractivity contribution < 1.29 is 19.4 Å². The van der Waals surface area contributed by atoms with Gasteiger partial charge in [0.15, 0.2) is 0 Å². The number of aliphatic carboxylic acids is 1. The summed E-state index contributed by atoms with van der Waals surface area (Å²) in [6.07, 6.45) is 6.12. The lowest BCUT2D eigenvalue weighted by atomic mass is 9.78. The summed E-state index contributed by atoms with van der Waals surface area (Å²) in [7, 11) is 1.68. The second-order valence-electron chi connectivity index (χ2n) is 5.18. The molecule has 0 spiro atoms. The van der Waals surface area contributed by atoms with Gasteiger partial charge in [-0.1, -0.05) is 12.8 Å². The van der Waals surface area contributed by atoms with Gasteiger partial charge in [0, 0.05) is 20.3 Å². The molecule has 19 heavy (non-hydrogen) atoms. The Bertz CT molecular complexity index is 293. The van der Waals surface area contributed by atoms with Crippen LogP contribution in [0.3, 0.4) is 0 Å². The summed E-state index contributed by atoms with van der Waals surface area (Å²) < 4.78 is 4.95. The van der Waals surface area contributed by atoms with E-state index < -0.39 is 11.9 Å². The fourth-order valence-electron chi connectivity index (χ4n) is 2.63. The van der Waals surface area contributed by atoms with Crippen LogP contribution in [-0.2, 0) is 14.3 Å². The number of ether oxygens (including phenoxy) is 1. The molecule has 2 atom stereocenters. The summed E-state index contributed by atoms with van der Waals surface area (Å²) >= 11 is 0. The highest BCUT2D eigenvalue weighted by Gasteiger charge is 2.35. The normalized spacial score (nSPS) is 23.0. The van der Waals surface area contributed by atoms with Crippen LogP contribution in [0.25, 0.3) is 0 Å². The molecule has 1 saturated carbocycles. The van der Waals surface area contributed by atoms with E-state index in [1.807, 2.05) is 0 Å². The van der Waals surface area contributed by atoms with E-state index in [0.29, 0.717) is 19.4 Å². The van der Waals surface area contributed by atoms with Gasteiger partial charge in [-0.05, 0) is 32.1 Å². The van der Waals surface area contributed by atoms with E-state index >= 15 is 0 Å². The second-order valence-corrected chi connectivity index (χ2v) is 5.18. The first kappa shape index (κ1) is 16.0. The predicted molar refractivity (Wildman–Crippen MR) is 71.8 cm³/mol. The highest BCUT2D eigenvalue weighted by atomic mass is 16.5. The number of carboxylic acid groups (broad SMARTS) is 1. The number of carboxylic acids is 1. The molecule has 1 fully saturated rings. The van der Waals surface area contributed by atoms with Crippen LogP contribution in [0.1, 0.15) is 44.9 Å². The lowest BCUT2D eigenvalue weighted by Gasteiger charge is -2.27. The summed E-state index contributed by atoms with van der Waals surface area (Å²) in [6, 6.07) is 0. The van der Waals surface area contributed by atoms with Crippen molar-refractivity contribution in [3.05, 3.63) is 0 Å². The number of hydrogen-bond acceptors (Lipinski definition) is 3. The van der Waals surface area contributed by atoms with Crippen LogP contribution >= 0.6 is 0 Å². The van der Waals surface area contributed by atoms with E-state index in [2.05, 4.69) is 5.32 Å². The molecular formula is C14H25NO4. The van der Waals surface area contributed by atoms with Crippen molar-refractivity contribution >= 4 is 11.9 Å². The van der Waals surface area contributed by atoms with Gasteiger partial charge in [0.2, 0.25) is 5.91 Å². The van der Waals surface area contributed by atoms with Crippen molar-refractivity contribution in [2.24, 2.45) is 11.8 Å². The zero-order valence-corrected chi connectivity index (χ0v) is 11.7. The van der Waals surface area contributed by atoms with E-state index in [1.165, 1.54) is 0 Å². The monoisotopic (exact) mass is 271 g/mol.